The monoisotopic (exact) mass is 341 g/mol. The van der Waals surface area contributed by atoms with Crippen LogP contribution in [0.1, 0.15) is 16.2 Å². The molecule has 1 aromatic heterocycles. The maximum atomic E-state index is 12.0. The largest absolute Gasteiger partial charge is 0.378 e. The Bertz CT molecular complexity index is 702. The fourth-order valence-electron chi connectivity index (χ4n) is 2.66. The van der Waals surface area contributed by atoms with Gasteiger partial charge in [0.05, 0.1) is 13.2 Å². The third kappa shape index (κ3) is 4.90. The van der Waals surface area contributed by atoms with Gasteiger partial charge in [0, 0.05) is 37.8 Å². The molecule has 7 nitrogen and oxygen atoms in total. The number of carbonyl (C=O) groups excluding carboxylic acids is 1. The van der Waals surface area contributed by atoms with Gasteiger partial charge >= 0.3 is 0 Å². The first-order valence-corrected chi connectivity index (χ1v) is 8.48. The van der Waals surface area contributed by atoms with Crippen LogP contribution in [0.15, 0.2) is 36.4 Å². The lowest BCUT2D eigenvalue weighted by atomic mass is 10.2. The van der Waals surface area contributed by atoms with E-state index in [1.807, 2.05) is 31.2 Å². The smallest absolute Gasteiger partial charge is 0.251 e. The zero-order chi connectivity index (χ0) is 17.5. The van der Waals surface area contributed by atoms with Crippen LogP contribution in [0.4, 0.5) is 11.6 Å². The van der Waals surface area contributed by atoms with Gasteiger partial charge in [0.25, 0.3) is 5.91 Å². The summed E-state index contributed by atoms with van der Waals surface area (Å²) in [5, 5.41) is 6.14. The van der Waals surface area contributed by atoms with Gasteiger partial charge < -0.3 is 20.3 Å². The molecule has 0 aliphatic carbocycles. The lowest BCUT2D eigenvalue weighted by molar-refractivity contribution is 0.0955. The number of anilines is 2. The second kappa shape index (κ2) is 8.43. The van der Waals surface area contributed by atoms with E-state index in [1.54, 1.807) is 12.1 Å². The van der Waals surface area contributed by atoms with Gasteiger partial charge in [0.1, 0.15) is 17.5 Å². The highest BCUT2D eigenvalue weighted by atomic mass is 16.5. The minimum absolute atomic E-state index is 0.0738. The maximum absolute atomic E-state index is 12.0. The summed E-state index contributed by atoms with van der Waals surface area (Å²) in [5.41, 5.74) is 0.662. The number of amides is 1. The molecule has 132 valence electrons. The number of benzene rings is 1. The van der Waals surface area contributed by atoms with Crippen molar-refractivity contribution in [2.24, 2.45) is 0 Å². The molecule has 1 aliphatic heterocycles. The third-order valence-corrected chi connectivity index (χ3v) is 3.91. The van der Waals surface area contributed by atoms with E-state index in [-0.39, 0.29) is 5.91 Å². The topological polar surface area (TPSA) is 79.4 Å². The molecular formula is C18H23N5O2. The lowest BCUT2D eigenvalue weighted by Gasteiger charge is -2.28. The summed E-state index contributed by atoms with van der Waals surface area (Å²) in [6.07, 6.45) is 0. The first-order valence-electron chi connectivity index (χ1n) is 8.48. The van der Waals surface area contributed by atoms with E-state index in [1.165, 1.54) is 0 Å². The molecule has 2 heterocycles. The molecule has 0 unspecified atom stereocenters. The summed E-state index contributed by atoms with van der Waals surface area (Å²) < 4.78 is 5.38. The molecule has 1 amide bonds. The van der Waals surface area contributed by atoms with Crippen LogP contribution in [0.3, 0.4) is 0 Å². The summed E-state index contributed by atoms with van der Waals surface area (Å²) in [6, 6.07) is 11.1. The van der Waals surface area contributed by atoms with Crippen molar-refractivity contribution in [1.82, 2.24) is 15.3 Å². The van der Waals surface area contributed by atoms with Crippen molar-refractivity contribution in [3.63, 3.8) is 0 Å². The van der Waals surface area contributed by atoms with Gasteiger partial charge in [-0.3, -0.25) is 4.79 Å². The van der Waals surface area contributed by atoms with Crippen molar-refractivity contribution in [3.05, 3.63) is 47.8 Å². The average Bonchev–Trinajstić information content (AvgIpc) is 2.66. The zero-order valence-electron chi connectivity index (χ0n) is 14.4. The summed E-state index contributed by atoms with van der Waals surface area (Å²) in [5.74, 6) is 2.32. The summed E-state index contributed by atoms with van der Waals surface area (Å²) >= 11 is 0. The normalized spacial score (nSPS) is 14.2. The van der Waals surface area contributed by atoms with Gasteiger partial charge in [-0.05, 0) is 19.1 Å². The van der Waals surface area contributed by atoms with Gasteiger partial charge in [0.2, 0.25) is 0 Å². The molecule has 1 aromatic carbocycles. The molecule has 2 N–H and O–H groups in total. The first-order chi connectivity index (χ1) is 12.2. The average molecular weight is 341 g/mol. The van der Waals surface area contributed by atoms with Crippen LogP contribution >= 0.6 is 0 Å². The molecule has 1 aliphatic rings. The number of hydrogen-bond donors (Lipinski definition) is 2. The number of nitrogens with zero attached hydrogens (tertiary/aromatic N) is 3. The van der Waals surface area contributed by atoms with Crippen LogP contribution in [-0.2, 0) is 4.74 Å². The van der Waals surface area contributed by atoms with E-state index in [2.05, 4.69) is 25.5 Å². The molecule has 25 heavy (non-hydrogen) atoms. The molecule has 1 saturated heterocycles. The standard InChI is InChI=1S/C18H23N5O2/c1-14-21-16(13-17(22-14)23-9-11-25-12-10-23)19-7-8-20-18(24)15-5-3-2-4-6-15/h2-6,13H,7-12H2,1H3,(H,20,24)(H,19,21,22). The first kappa shape index (κ1) is 17.2. The van der Waals surface area contributed by atoms with Crippen molar-refractivity contribution in [2.75, 3.05) is 49.6 Å². The number of morpholine rings is 1. The Morgan fingerprint density at radius 3 is 2.68 bits per heavy atom. The van der Waals surface area contributed by atoms with Crippen molar-refractivity contribution in [3.8, 4) is 0 Å². The van der Waals surface area contributed by atoms with E-state index in [4.69, 9.17) is 4.74 Å². The molecule has 0 spiro atoms. The van der Waals surface area contributed by atoms with Gasteiger partial charge in [-0.1, -0.05) is 18.2 Å². The van der Waals surface area contributed by atoms with Crippen LogP contribution in [0, 0.1) is 6.92 Å². The van der Waals surface area contributed by atoms with Crippen molar-refractivity contribution in [2.45, 2.75) is 6.92 Å². The van der Waals surface area contributed by atoms with Crippen LogP contribution in [0.5, 0.6) is 0 Å². The fraction of sp³-hybridized carbons (Fsp3) is 0.389. The van der Waals surface area contributed by atoms with E-state index >= 15 is 0 Å². The molecule has 1 fully saturated rings. The molecular weight excluding hydrogens is 318 g/mol. The maximum Gasteiger partial charge on any atom is 0.251 e. The molecule has 2 aromatic rings. The molecule has 0 bridgehead atoms. The second-order valence-electron chi connectivity index (χ2n) is 5.81. The summed E-state index contributed by atoms with van der Waals surface area (Å²) in [7, 11) is 0. The molecule has 0 saturated carbocycles. The molecule has 3 rings (SSSR count). The Balaban J connectivity index is 1.51. The molecule has 7 heteroatoms. The number of aryl methyl sites for hydroxylation is 1. The van der Waals surface area contributed by atoms with Crippen LogP contribution in [-0.4, -0.2) is 55.3 Å². The Morgan fingerprint density at radius 2 is 1.92 bits per heavy atom. The number of nitrogens with one attached hydrogen (secondary N) is 2. The van der Waals surface area contributed by atoms with Crippen molar-refractivity contribution in [1.29, 1.82) is 0 Å². The molecule has 0 atom stereocenters. The Labute approximate surface area is 147 Å². The number of hydrogen-bond acceptors (Lipinski definition) is 6. The van der Waals surface area contributed by atoms with E-state index in [0.717, 1.165) is 43.8 Å². The van der Waals surface area contributed by atoms with Crippen LogP contribution < -0.4 is 15.5 Å². The van der Waals surface area contributed by atoms with Gasteiger partial charge in [-0.2, -0.15) is 0 Å². The predicted molar refractivity (Wildman–Crippen MR) is 97.1 cm³/mol. The van der Waals surface area contributed by atoms with E-state index in [0.29, 0.717) is 18.7 Å². The highest BCUT2D eigenvalue weighted by Gasteiger charge is 2.14. The Morgan fingerprint density at radius 1 is 1.16 bits per heavy atom. The van der Waals surface area contributed by atoms with Gasteiger partial charge in [0.15, 0.2) is 0 Å². The van der Waals surface area contributed by atoms with Crippen LogP contribution in [0.2, 0.25) is 0 Å². The fourth-order valence-corrected chi connectivity index (χ4v) is 2.66. The highest BCUT2D eigenvalue weighted by Crippen LogP contribution is 2.16. The quantitative estimate of drug-likeness (QED) is 0.775. The second-order valence-corrected chi connectivity index (χ2v) is 5.81. The number of rotatable bonds is 6. The van der Waals surface area contributed by atoms with E-state index in [9.17, 15) is 4.79 Å². The third-order valence-electron chi connectivity index (χ3n) is 3.91. The lowest BCUT2D eigenvalue weighted by Crippen LogP contribution is -2.37. The SMILES string of the molecule is Cc1nc(NCCNC(=O)c2ccccc2)cc(N2CCOCC2)n1. The summed E-state index contributed by atoms with van der Waals surface area (Å²) in [4.78, 5) is 23.1. The zero-order valence-corrected chi connectivity index (χ0v) is 14.4. The summed E-state index contributed by atoms with van der Waals surface area (Å²) in [6.45, 7) is 6.11. The van der Waals surface area contributed by atoms with Gasteiger partial charge in [-0.25, -0.2) is 9.97 Å². The Kier molecular flexibility index (Phi) is 5.79. The van der Waals surface area contributed by atoms with Crippen molar-refractivity contribution >= 4 is 17.5 Å². The highest BCUT2D eigenvalue weighted by molar-refractivity contribution is 5.94. The number of aromatic nitrogens is 2. The van der Waals surface area contributed by atoms with Gasteiger partial charge in [-0.15, -0.1) is 0 Å². The number of carbonyl (C=O) groups is 1. The Hall–Kier alpha value is -2.67. The minimum atomic E-state index is -0.0738. The minimum Gasteiger partial charge on any atom is -0.378 e. The van der Waals surface area contributed by atoms with E-state index < -0.39 is 0 Å². The van der Waals surface area contributed by atoms with Crippen LogP contribution in [0.25, 0.3) is 0 Å². The number of ether oxygens (including phenoxy) is 1. The van der Waals surface area contributed by atoms with Crippen molar-refractivity contribution < 1.29 is 9.53 Å². The molecule has 0 radical (unpaired) electrons. The predicted octanol–water partition coefficient (Wildman–Crippen LogP) is 1.46.